The molecular weight excluding hydrogens is 192 g/mol. The van der Waals surface area contributed by atoms with Crippen molar-refractivity contribution in [3.8, 4) is 0 Å². The maximum absolute atomic E-state index is 11.9. The molecule has 0 radical (unpaired) electrons. The van der Waals surface area contributed by atoms with Gasteiger partial charge in [0.2, 0.25) is 11.8 Å². The summed E-state index contributed by atoms with van der Waals surface area (Å²) in [5, 5.41) is 3.31. The van der Waals surface area contributed by atoms with Gasteiger partial charge in [-0.05, 0) is 19.4 Å². The van der Waals surface area contributed by atoms with Gasteiger partial charge in [-0.3, -0.25) is 14.5 Å². The Morgan fingerprint density at radius 3 is 2.67 bits per heavy atom. The van der Waals surface area contributed by atoms with E-state index in [1.54, 1.807) is 0 Å². The zero-order chi connectivity index (χ0) is 11.1. The first-order valence-electron chi connectivity index (χ1n) is 5.59. The number of nitrogens with one attached hydrogen (secondary N) is 1. The van der Waals surface area contributed by atoms with E-state index in [-0.39, 0.29) is 11.8 Å². The molecule has 0 bridgehead atoms. The van der Waals surface area contributed by atoms with Crippen molar-refractivity contribution in [2.45, 2.75) is 39.2 Å². The highest BCUT2D eigenvalue weighted by Gasteiger charge is 2.45. The van der Waals surface area contributed by atoms with Crippen molar-refractivity contribution in [1.29, 1.82) is 0 Å². The van der Waals surface area contributed by atoms with Gasteiger partial charge in [0.05, 0.1) is 5.41 Å². The minimum atomic E-state index is -0.490. The Bertz CT molecular complexity index is 293. The van der Waals surface area contributed by atoms with Gasteiger partial charge in [0, 0.05) is 19.0 Å². The van der Waals surface area contributed by atoms with E-state index < -0.39 is 5.41 Å². The third-order valence-corrected chi connectivity index (χ3v) is 3.28. The third-order valence-electron chi connectivity index (χ3n) is 3.28. The minimum Gasteiger partial charge on any atom is -0.312 e. The molecule has 1 N–H and O–H groups in total. The van der Waals surface area contributed by atoms with Gasteiger partial charge in [0.25, 0.3) is 0 Å². The predicted octanol–water partition coefficient (Wildman–Crippen LogP) is 0.523. The molecule has 2 heterocycles. The molecule has 2 aliphatic rings. The van der Waals surface area contributed by atoms with Crippen LogP contribution in [-0.4, -0.2) is 35.8 Å². The molecule has 0 aromatic heterocycles. The zero-order valence-corrected chi connectivity index (χ0v) is 9.38. The van der Waals surface area contributed by atoms with Crippen LogP contribution >= 0.6 is 0 Å². The molecule has 0 saturated carbocycles. The molecule has 15 heavy (non-hydrogen) atoms. The summed E-state index contributed by atoms with van der Waals surface area (Å²) in [5.74, 6) is -0.0279. The lowest BCUT2D eigenvalue weighted by atomic mass is 9.92. The average Bonchev–Trinajstić information content (AvgIpc) is 2.69. The van der Waals surface area contributed by atoms with Crippen LogP contribution in [0.15, 0.2) is 0 Å². The van der Waals surface area contributed by atoms with Crippen LogP contribution in [0.4, 0.5) is 0 Å². The van der Waals surface area contributed by atoms with E-state index >= 15 is 0 Å². The summed E-state index contributed by atoms with van der Waals surface area (Å²) in [7, 11) is 0. The number of nitrogens with zero attached hydrogens (tertiary/aromatic N) is 1. The number of likely N-dealkylation sites (tertiary alicyclic amines) is 1. The second kappa shape index (κ2) is 3.59. The number of imide groups is 1. The molecular formula is C11H18N2O2. The van der Waals surface area contributed by atoms with Gasteiger partial charge in [-0.2, -0.15) is 0 Å². The predicted molar refractivity (Wildman–Crippen MR) is 56.1 cm³/mol. The molecule has 2 rings (SSSR count). The summed E-state index contributed by atoms with van der Waals surface area (Å²) in [6.07, 6.45) is 2.57. The Kier molecular flexibility index (Phi) is 2.54. The normalized spacial score (nSPS) is 30.3. The van der Waals surface area contributed by atoms with Crippen LogP contribution in [0.5, 0.6) is 0 Å². The molecule has 4 heteroatoms. The molecule has 2 fully saturated rings. The molecule has 0 spiro atoms. The molecule has 1 unspecified atom stereocenters. The molecule has 0 aromatic carbocycles. The number of hydrogen-bond acceptors (Lipinski definition) is 3. The molecule has 2 saturated heterocycles. The molecule has 1 atom stereocenters. The van der Waals surface area contributed by atoms with Crippen molar-refractivity contribution in [2.24, 2.45) is 5.41 Å². The van der Waals surface area contributed by atoms with Crippen LogP contribution in [0.3, 0.4) is 0 Å². The van der Waals surface area contributed by atoms with Crippen LogP contribution < -0.4 is 5.32 Å². The highest BCUT2D eigenvalue weighted by molar-refractivity contribution is 6.05. The van der Waals surface area contributed by atoms with Gasteiger partial charge in [0.15, 0.2) is 0 Å². The molecule has 0 aliphatic carbocycles. The maximum Gasteiger partial charge on any atom is 0.235 e. The van der Waals surface area contributed by atoms with Gasteiger partial charge >= 0.3 is 0 Å². The second-order valence-electron chi connectivity index (χ2n) is 5.16. The Labute approximate surface area is 90.0 Å². The van der Waals surface area contributed by atoms with Crippen molar-refractivity contribution in [2.75, 3.05) is 13.1 Å². The van der Waals surface area contributed by atoms with E-state index in [1.165, 1.54) is 4.90 Å². The fourth-order valence-electron chi connectivity index (χ4n) is 2.35. The Morgan fingerprint density at radius 2 is 2.20 bits per heavy atom. The maximum atomic E-state index is 11.9. The van der Waals surface area contributed by atoms with Crippen molar-refractivity contribution in [3.05, 3.63) is 0 Å². The largest absolute Gasteiger partial charge is 0.312 e. The van der Waals surface area contributed by atoms with Gasteiger partial charge in [0.1, 0.15) is 0 Å². The standard InChI is InChI=1S/C11H18N2O2/c1-11(2)6-9(14)13(10(11)15)7-8-4-3-5-12-8/h8,12H,3-7H2,1-2H3. The van der Waals surface area contributed by atoms with E-state index in [1.807, 2.05) is 13.8 Å². The van der Waals surface area contributed by atoms with E-state index in [2.05, 4.69) is 5.32 Å². The minimum absolute atomic E-state index is 0.0128. The topological polar surface area (TPSA) is 49.4 Å². The van der Waals surface area contributed by atoms with Crippen LogP contribution in [0.1, 0.15) is 33.1 Å². The first-order valence-corrected chi connectivity index (χ1v) is 5.59. The van der Waals surface area contributed by atoms with Crippen LogP contribution in [-0.2, 0) is 9.59 Å². The number of hydrogen-bond donors (Lipinski definition) is 1. The van der Waals surface area contributed by atoms with Gasteiger partial charge in [-0.1, -0.05) is 13.8 Å². The summed E-state index contributed by atoms with van der Waals surface area (Å²) in [4.78, 5) is 25.0. The van der Waals surface area contributed by atoms with Crippen LogP contribution in [0.25, 0.3) is 0 Å². The van der Waals surface area contributed by atoms with E-state index in [4.69, 9.17) is 0 Å². The lowest BCUT2D eigenvalue weighted by Crippen LogP contribution is -2.42. The molecule has 0 aromatic rings. The highest BCUT2D eigenvalue weighted by Crippen LogP contribution is 2.31. The van der Waals surface area contributed by atoms with Crippen LogP contribution in [0, 0.1) is 5.41 Å². The molecule has 84 valence electrons. The Hall–Kier alpha value is -0.900. The number of amides is 2. The summed E-state index contributed by atoms with van der Waals surface area (Å²) in [6.45, 7) is 5.25. The van der Waals surface area contributed by atoms with Gasteiger partial charge in [-0.25, -0.2) is 0 Å². The number of rotatable bonds is 2. The quantitative estimate of drug-likeness (QED) is 0.676. The molecule has 2 aliphatic heterocycles. The third kappa shape index (κ3) is 1.91. The average molecular weight is 210 g/mol. The van der Waals surface area contributed by atoms with E-state index in [0.29, 0.717) is 19.0 Å². The molecule has 2 amide bonds. The number of carbonyl (C=O) groups excluding carboxylic acids is 2. The van der Waals surface area contributed by atoms with Crippen molar-refractivity contribution in [3.63, 3.8) is 0 Å². The Balaban J connectivity index is 2.02. The lowest BCUT2D eigenvalue weighted by Gasteiger charge is -2.21. The smallest absolute Gasteiger partial charge is 0.235 e. The van der Waals surface area contributed by atoms with E-state index in [9.17, 15) is 9.59 Å². The zero-order valence-electron chi connectivity index (χ0n) is 9.38. The summed E-state index contributed by atoms with van der Waals surface area (Å²) in [5.41, 5.74) is -0.490. The Morgan fingerprint density at radius 1 is 1.47 bits per heavy atom. The van der Waals surface area contributed by atoms with Crippen molar-refractivity contribution < 1.29 is 9.59 Å². The first-order chi connectivity index (χ1) is 7.00. The first kappa shape index (κ1) is 10.6. The summed E-state index contributed by atoms with van der Waals surface area (Å²) < 4.78 is 0. The second-order valence-corrected chi connectivity index (χ2v) is 5.16. The van der Waals surface area contributed by atoms with Gasteiger partial charge in [-0.15, -0.1) is 0 Å². The SMILES string of the molecule is CC1(C)CC(=O)N(CC2CCCN2)C1=O. The fourth-order valence-corrected chi connectivity index (χ4v) is 2.35. The monoisotopic (exact) mass is 210 g/mol. The number of carbonyl (C=O) groups is 2. The van der Waals surface area contributed by atoms with Crippen molar-refractivity contribution in [1.82, 2.24) is 10.2 Å². The summed E-state index contributed by atoms with van der Waals surface area (Å²) in [6, 6.07) is 0.312. The highest BCUT2D eigenvalue weighted by atomic mass is 16.2. The van der Waals surface area contributed by atoms with Gasteiger partial charge < -0.3 is 5.32 Å². The van der Waals surface area contributed by atoms with Crippen LogP contribution in [0.2, 0.25) is 0 Å². The van der Waals surface area contributed by atoms with Crippen molar-refractivity contribution >= 4 is 11.8 Å². The van der Waals surface area contributed by atoms with E-state index in [0.717, 1.165) is 19.4 Å². The molecule has 4 nitrogen and oxygen atoms in total. The fraction of sp³-hybridized carbons (Fsp3) is 0.818. The lowest BCUT2D eigenvalue weighted by molar-refractivity contribution is -0.141. The summed E-state index contributed by atoms with van der Waals surface area (Å²) >= 11 is 0.